The number of hydrogen-bond donors (Lipinski definition) is 0. The highest BCUT2D eigenvalue weighted by Crippen LogP contribution is 2.11. The van der Waals surface area contributed by atoms with E-state index in [9.17, 15) is 8.42 Å². The van der Waals surface area contributed by atoms with Crippen molar-refractivity contribution in [3.63, 3.8) is 0 Å². The van der Waals surface area contributed by atoms with Gasteiger partial charge in [0.1, 0.15) is 0 Å². The van der Waals surface area contributed by atoms with Crippen molar-refractivity contribution < 1.29 is 17.9 Å². The van der Waals surface area contributed by atoms with Crippen molar-refractivity contribution in [2.75, 3.05) is 32.7 Å². The Morgan fingerprint density at radius 3 is 2.29 bits per heavy atom. The monoisotopic (exact) mass is 258 g/mol. The molecule has 1 aromatic carbocycles. The summed E-state index contributed by atoms with van der Waals surface area (Å²) < 4.78 is 33.7. The smallest absolute Gasteiger partial charge is 0.180 e. The first-order valence-corrected chi connectivity index (χ1v) is 7.07. The third-order valence-electron chi connectivity index (χ3n) is 2.31. The predicted molar refractivity (Wildman–Crippen MR) is 65.9 cm³/mol. The highest BCUT2D eigenvalue weighted by atomic mass is 32.2. The molecule has 0 aromatic heterocycles. The fourth-order valence-electron chi connectivity index (χ4n) is 1.28. The minimum absolute atomic E-state index is 0.000223. The lowest BCUT2D eigenvalue weighted by molar-refractivity contribution is 0.0785. The summed E-state index contributed by atoms with van der Waals surface area (Å²) in [7, 11) is -1.65. The molecule has 0 saturated heterocycles. The van der Waals surface area contributed by atoms with E-state index < -0.39 is 9.84 Å². The minimum Gasteiger partial charge on any atom is -0.382 e. The first kappa shape index (κ1) is 14.2. The van der Waals surface area contributed by atoms with Crippen LogP contribution < -0.4 is 0 Å². The van der Waals surface area contributed by atoms with Crippen LogP contribution >= 0.6 is 0 Å². The first-order valence-electron chi connectivity index (χ1n) is 5.42. The maximum atomic E-state index is 11.9. The second-order valence-electron chi connectivity index (χ2n) is 3.74. The molecular formula is C12H18O4S. The largest absolute Gasteiger partial charge is 0.382 e. The van der Waals surface area contributed by atoms with Gasteiger partial charge in [-0.25, -0.2) is 8.42 Å². The molecule has 0 heterocycles. The lowest BCUT2D eigenvalue weighted by atomic mass is 10.2. The molecule has 4 nitrogen and oxygen atoms in total. The molecule has 0 fully saturated rings. The number of benzene rings is 1. The van der Waals surface area contributed by atoms with Gasteiger partial charge in [-0.3, -0.25) is 0 Å². The third kappa shape index (κ3) is 4.85. The van der Waals surface area contributed by atoms with Crippen LogP contribution in [0.15, 0.2) is 29.2 Å². The molecule has 0 atom stereocenters. The fraction of sp³-hybridized carbons (Fsp3) is 0.500. The van der Waals surface area contributed by atoms with Gasteiger partial charge in [-0.1, -0.05) is 17.7 Å². The molecule has 1 rings (SSSR count). The Morgan fingerprint density at radius 1 is 1.06 bits per heavy atom. The highest BCUT2D eigenvalue weighted by molar-refractivity contribution is 7.91. The second kappa shape index (κ2) is 6.74. The SMILES string of the molecule is COCCOCCS(=O)(=O)c1ccc(C)cc1. The van der Waals surface area contributed by atoms with Gasteiger partial charge in [-0.2, -0.15) is 0 Å². The number of aryl methyl sites for hydroxylation is 1. The normalized spacial score (nSPS) is 11.6. The molecule has 0 spiro atoms. The van der Waals surface area contributed by atoms with Crippen molar-refractivity contribution in [1.29, 1.82) is 0 Å². The average Bonchev–Trinajstić information content (AvgIpc) is 2.29. The van der Waals surface area contributed by atoms with E-state index in [0.29, 0.717) is 18.1 Å². The topological polar surface area (TPSA) is 52.6 Å². The Bertz CT molecular complexity index is 422. The molecule has 0 N–H and O–H groups in total. The van der Waals surface area contributed by atoms with Gasteiger partial charge >= 0.3 is 0 Å². The quantitative estimate of drug-likeness (QED) is 0.694. The molecule has 0 amide bonds. The van der Waals surface area contributed by atoms with Gasteiger partial charge in [0, 0.05) is 7.11 Å². The molecule has 0 aliphatic heterocycles. The van der Waals surface area contributed by atoms with Crippen LogP contribution in [0.25, 0.3) is 0 Å². The van der Waals surface area contributed by atoms with Gasteiger partial charge in [0.2, 0.25) is 0 Å². The Labute approximate surface area is 102 Å². The Balaban J connectivity index is 2.48. The van der Waals surface area contributed by atoms with E-state index in [1.165, 1.54) is 0 Å². The second-order valence-corrected chi connectivity index (χ2v) is 5.85. The van der Waals surface area contributed by atoms with Gasteiger partial charge < -0.3 is 9.47 Å². The molecule has 0 saturated carbocycles. The van der Waals surface area contributed by atoms with E-state index in [1.807, 2.05) is 6.92 Å². The molecule has 5 heteroatoms. The molecule has 0 radical (unpaired) electrons. The number of rotatable bonds is 7. The van der Waals surface area contributed by atoms with Crippen LogP contribution in [0.3, 0.4) is 0 Å². The van der Waals surface area contributed by atoms with E-state index in [-0.39, 0.29) is 12.4 Å². The summed E-state index contributed by atoms with van der Waals surface area (Å²) in [5.74, 6) is -0.000223. The summed E-state index contributed by atoms with van der Waals surface area (Å²) in [5.41, 5.74) is 1.04. The van der Waals surface area contributed by atoms with Crippen LogP contribution in [0.4, 0.5) is 0 Å². The number of ether oxygens (including phenoxy) is 2. The average molecular weight is 258 g/mol. The summed E-state index contributed by atoms with van der Waals surface area (Å²) >= 11 is 0. The van der Waals surface area contributed by atoms with Gasteiger partial charge in [-0.15, -0.1) is 0 Å². The van der Waals surface area contributed by atoms with Crippen molar-refractivity contribution in [3.05, 3.63) is 29.8 Å². The summed E-state index contributed by atoms with van der Waals surface area (Å²) in [6.07, 6.45) is 0. The molecule has 17 heavy (non-hydrogen) atoms. The van der Waals surface area contributed by atoms with Crippen LogP contribution in [0.2, 0.25) is 0 Å². The van der Waals surface area contributed by atoms with E-state index in [1.54, 1.807) is 31.4 Å². The first-order chi connectivity index (χ1) is 8.06. The Kier molecular flexibility index (Phi) is 5.61. The summed E-state index contributed by atoms with van der Waals surface area (Å²) in [4.78, 5) is 0.346. The predicted octanol–water partition coefficient (Wildman–Crippen LogP) is 1.43. The zero-order valence-corrected chi connectivity index (χ0v) is 11.0. The summed E-state index contributed by atoms with van der Waals surface area (Å²) in [6.45, 7) is 3.01. The van der Waals surface area contributed by atoms with Crippen LogP contribution in [0.5, 0.6) is 0 Å². The van der Waals surface area contributed by atoms with E-state index in [4.69, 9.17) is 9.47 Å². The van der Waals surface area contributed by atoms with Crippen molar-refractivity contribution in [2.24, 2.45) is 0 Å². The van der Waals surface area contributed by atoms with Crippen LogP contribution in [0.1, 0.15) is 5.56 Å². The van der Waals surface area contributed by atoms with Crippen LogP contribution in [-0.4, -0.2) is 41.1 Å². The van der Waals surface area contributed by atoms with Crippen LogP contribution in [-0.2, 0) is 19.3 Å². The van der Waals surface area contributed by atoms with E-state index in [0.717, 1.165) is 5.56 Å². The Morgan fingerprint density at radius 2 is 1.71 bits per heavy atom. The van der Waals surface area contributed by atoms with Crippen molar-refractivity contribution in [3.8, 4) is 0 Å². The van der Waals surface area contributed by atoms with Crippen molar-refractivity contribution in [1.82, 2.24) is 0 Å². The maximum absolute atomic E-state index is 11.9. The van der Waals surface area contributed by atoms with Crippen molar-refractivity contribution >= 4 is 9.84 Å². The summed E-state index contributed by atoms with van der Waals surface area (Å²) in [6, 6.07) is 6.83. The maximum Gasteiger partial charge on any atom is 0.180 e. The lowest BCUT2D eigenvalue weighted by Gasteiger charge is -2.06. The molecular weight excluding hydrogens is 240 g/mol. The number of methoxy groups -OCH3 is 1. The molecule has 0 bridgehead atoms. The standard InChI is InChI=1S/C12H18O4S/c1-11-3-5-12(6-4-11)17(13,14)10-9-16-8-7-15-2/h3-6H,7-10H2,1-2H3. The number of hydrogen-bond acceptors (Lipinski definition) is 4. The molecule has 0 aliphatic rings. The van der Waals surface area contributed by atoms with Gasteiger partial charge in [0.25, 0.3) is 0 Å². The minimum atomic E-state index is -3.23. The van der Waals surface area contributed by atoms with Crippen LogP contribution in [0, 0.1) is 6.92 Å². The fourth-order valence-corrected chi connectivity index (χ4v) is 2.40. The highest BCUT2D eigenvalue weighted by Gasteiger charge is 2.13. The third-order valence-corrected chi connectivity index (χ3v) is 4.00. The van der Waals surface area contributed by atoms with Gasteiger partial charge in [0.15, 0.2) is 9.84 Å². The van der Waals surface area contributed by atoms with Gasteiger partial charge in [0.05, 0.1) is 30.5 Å². The van der Waals surface area contributed by atoms with Crippen molar-refractivity contribution in [2.45, 2.75) is 11.8 Å². The molecule has 1 aromatic rings. The molecule has 96 valence electrons. The molecule has 0 aliphatic carbocycles. The molecule has 0 unspecified atom stereocenters. The van der Waals surface area contributed by atoms with Gasteiger partial charge in [-0.05, 0) is 19.1 Å². The van der Waals surface area contributed by atoms with E-state index >= 15 is 0 Å². The summed E-state index contributed by atoms with van der Waals surface area (Å²) in [5, 5.41) is 0. The number of sulfone groups is 1. The lowest BCUT2D eigenvalue weighted by Crippen LogP contribution is -2.14. The zero-order chi connectivity index (χ0) is 12.7. The van der Waals surface area contributed by atoms with E-state index in [2.05, 4.69) is 0 Å². The Hall–Kier alpha value is -0.910. The zero-order valence-electron chi connectivity index (χ0n) is 10.2.